The number of halogens is 1. The molecule has 24 heavy (non-hydrogen) atoms. The third-order valence-electron chi connectivity index (χ3n) is 4.24. The highest BCUT2D eigenvalue weighted by molar-refractivity contribution is 6.31. The number of aromatic nitrogens is 1. The summed E-state index contributed by atoms with van der Waals surface area (Å²) in [5.74, 6) is -0.189. The van der Waals surface area contributed by atoms with Crippen molar-refractivity contribution in [3.63, 3.8) is 0 Å². The number of hydrogen-bond acceptors (Lipinski definition) is 4. The molecule has 1 fully saturated rings. The number of benzene rings is 1. The van der Waals surface area contributed by atoms with E-state index >= 15 is 0 Å². The number of piperazine rings is 1. The van der Waals surface area contributed by atoms with Gasteiger partial charge in [-0.25, -0.2) is 0 Å². The van der Waals surface area contributed by atoms with Crippen LogP contribution in [0.4, 0.5) is 5.69 Å². The largest absolute Gasteiger partial charge is 0.369 e. The second-order valence-electron chi connectivity index (χ2n) is 5.96. The summed E-state index contributed by atoms with van der Waals surface area (Å²) in [7, 11) is 2.12. The Morgan fingerprint density at radius 3 is 2.71 bits per heavy atom. The Morgan fingerprint density at radius 2 is 1.96 bits per heavy atom. The Balaban J connectivity index is 1.65. The van der Waals surface area contributed by atoms with Crippen LogP contribution >= 0.6 is 11.6 Å². The van der Waals surface area contributed by atoms with Crippen LogP contribution in [0, 0.1) is 0 Å². The zero-order chi connectivity index (χ0) is 16.9. The van der Waals surface area contributed by atoms with Crippen LogP contribution < -0.4 is 10.2 Å². The molecule has 0 unspecified atom stereocenters. The van der Waals surface area contributed by atoms with Crippen LogP contribution in [0.3, 0.4) is 0 Å². The molecule has 1 aliphatic heterocycles. The molecule has 0 radical (unpaired) electrons. The van der Waals surface area contributed by atoms with E-state index in [1.54, 1.807) is 6.20 Å². The zero-order valence-corrected chi connectivity index (χ0v) is 14.5. The maximum atomic E-state index is 12.4. The van der Waals surface area contributed by atoms with Crippen LogP contribution in [0.1, 0.15) is 16.1 Å². The van der Waals surface area contributed by atoms with Crippen molar-refractivity contribution >= 4 is 23.2 Å². The molecule has 2 heterocycles. The predicted molar refractivity (Wildman–Crippen MR) is 96.6 cm³/mol. The van der Waals surface area contributed by atoms with E-state index < -0.39 is 0 Å². The Morgan fingerprint density at radius 1 is 1.21 bits per heavy atom. The maximum Gasteiger partial charge on any atom is 0.270 e. The van der Waals surface area contributed by atoms with Crippen LogP contribution in [0.2, 0.25) is 5.02 Å². The van der Waals surface area contributed by atoms with Gasteiger partial charge in [0.1, 0.15) is 5.69 Å². The molecule has 1 aromatic heterocycles. The van der Waals surface area contributed by atoms with Crippen molar-refractivity contribution in [2.24, 2.45) is 0 Å². The number of hydrogen-bond donors (Lipinski definition) is 1. The molecule has 2 aromatic rings. The van der Waals surface area contributed by atoms with E-state index in [1.807, 2.05) is 36.4 Å². The van der Waals surface area contributed by atoms with E-state index in [4.69, 9.17) is 11.6 Å². The zero-order valence-electron chi connectivity index (χ0n) is 13.7. The molecule has 3 rings (SSSR count). The number of nitrogens with zero attached hydrogens (tertiary/aromatic N) is 3. The van der Waals surface area contributed by atoms with E-state index in [2.05, 4.69) is 27.1 Å². The monoisotopic (exact) mass is 344 g/mol. The number of amides is 1. The van der Waals surface area contributed by atoms with E-state index in [-0.39, 0.29) is 5.91 Å². The average Bonchev–Trinajstić information content (AvgIpc) is 2.61. The molecular formula is C18H21ClN4O. The van der Waals surface area contributed by atoms with Crippen LogP contribution in [0.5, 0.6) is 0 Å². The summed E-state index contributed by atoms with van der Waals surface area (Å²) in [6, 6.07) is 11.3. The third kappa shape index (κ3) is 4.04. The molecule has 1 aliphatic rings. The molecule has 6 heteroatoms. The van der Waals surface area contributed by atoms with Crippen LogP contribution in [-0.2, 0) is 6.54 Å². The first-order valence-electron chi connectivity index (χ1n) is 8.04. The van der Waals surface area contributed by atoms with Crippen molar-refractivity contribution in [3.8, 4) is 0 Å². The molecule has 1 amide bonds. The Labute approximate surface area is 147 Å². The van der Waals surface area contributed by atoms with Gasteiger partial charge in [-0.15, -0.1) is 0 Å². The van der Waals surface area contributed by atoms with Gasteiger partial charge < -0.3 is 15.1 Å². The summed E-state index contributed by atoms with van der Waals surface area (Å²) >= 11 is 6.11. The number of pyridine rings is 1. The predicted octanol–water partition coefficient (Wildman–Crippen LogP) is 2.42. The van der Waals surface area contributed by atoms with Gasteiger partial charge in [-0.2, -0.15) is 0 Å². The van der Waals surface area contributed by atoms with Gasteiger partial charge in [0.05, 0.1) is 0 Å². The summed E-state index contributed by atoms with van der Waals surface area (Å²) in [4.78, 5) is 21.2. The smallest absolute Gasteiger partial charge is 0.270 e. The summed E-state index contributed by atoms with van der Waals surface area (Å²) < 4.78 is 0. The lowest BCUT2D eigenvalue weighted by atomic mass is 10.2. The number of likely N-dealkylation sites (N-methyl/N-ethyl adjacent to an activating group) is 1. The molecular weight excluding hydrogens is 324 g/mol. The molecule has 1 saturated heterocycles. The highest BCUT2D eigenvalue weighted by atomic mass is 35.5. The van der Waals surface area contributed by atoms with Gasteiger partial charge in [0.2, 0.25) is 0 Å². The summed E-state index contributed by atoms with van der Waals surface area (Å²) in [6.45, 7) is 4.36. The van der Waals surface area contributed by atoms with Gasteiger partial charge >= 0.3 is 0 Å². The van der Waals surface area contributed by atoms with Crippen molar-refractivity contribution < 1.29 is 4.79 Å². The van der Waals surface area contributed by atoms with Gasteiger partial charge in [0.15, 0.2) is 0 Å². The van der Waals surface area contributed by atoms with Gasteiger partial charge in [0, 0.05) is 49.6 Å². The van der Waals surface area contributed by atoms with Crippen molar-refractivity contribution in [1.82, 2.24) is 15.2 Å². The SMILES string of the molecule is CN1CCN(c2ccnc(C(=O)NCc3ccccc3Cl)c2)CC1. The van der Waals surface area contributed by atoms with Crippen LogP contribution in [0.15, 0.2) is 42.6 Å². The minimum Gasteiger partial charge on any atom is -0.369 e. The highest BCUT2D eigenvalue weighted by Crippen LogP contribution is 2.17. The van der Waals surface area contributed by atoms with E-state index in [9.17, 15) is 4.79 Å². The molecule has 126 valence electrons. The summed E-state index contributed by atoms with van der Waals surface area (Å²) in [6.07, 6.45) is 1.69. The molecule has 1 aromatic carbocycles. The molecule has 0 aliphatic carbocycles. The Bertz CT molecular complexity index is 714. The normalized spacial score (nSPS) is 15.3. The first-order chi connectivity index (χ1) is 11.6. The fourth-order valence-electron chi connectivity index (χ4n) is 2.71. The lowest BCUT2D eigenvalue weighted by molar-refractivity contribution is 0.0946. The number of rotatable bonds is 4. The Hall–Kier alpha value is -2.11. The molecule has 0 bridgehead atoms. The Kier molecular flexibility index (Phi) is 5.33. The quantitative estimate of drug-likeness (QED) is 0.925. The van der Waals surface area contributed by atoms with Gasteiger partial charge in [0.25, 0.3) is 5.91 Å². The van der Waals surface area contributed by atoms with E-state index in [1.165, 1.54) is 0 Å². The van der Waals surface area contributed by atoms with Gasteiger partial charge in [-0.05, 0) is 30.8 Å². The van der Waals surface area contributed by atoms with E-state index in [0.29, 0.717) is 17.3 Å². The first kappa shape index (κ1) is 16.7. The highest BCUT2D eigenvalue weighted by Gasteiger charge is 2.16. The summed E-state index contributed by atoms with van der Waals surface area (Å²) in [5, 5.41) is 3.53. The number of carbonyl (C=O) groups excluding carboxylic acids is 1. The number of carbonyl (C=O) groups is 1. The molecule has 5 nitrogen and oxygen atoms in total. The van der Waals surface area contributed by atoms with Gasteiger partial charge in [-0.1, -0.05) is 29.8 Å². The van der Waals surface area contributed by atoms with Crippen molar-refractivity contribution in [2.75, 3.05) is 38.1 Å². The maximum absolute atomic E-state index is 12.4. The van der Waals surface area contributed by atoms with E-state index in [0.717, 1.165) is 37.4 Å². The standard InChI is InChI=1S/C18H21ClN4O/c1-22-8-10-23(11-9-22)15-6-7-20-17(12-15)18(24)21-13-14-4-2-3-5-16(14)19/h2-7,12H,8-11,13H2,1H3,(H,21,24). The minimum absolute atomic E-state index is 0.189. The van der Waals surface area contributed by atoms with Crippen molar-refractivity contribution in [2.45, 2.75) is 6.54 Å². The second kappa shape index (κ2) is 7.64. The molecule has 0 atom stereocenters. The lowest BCUT2D eigenvalue weighted by Crippen LogP contribution is -2.44. The number of anilines is 1. The van der Waals surface area contributed by atoms with Crippen molar-refractivity contribution in [1.29, 1.82) is 0 Å². The van der Waals surface area contributed by atoms with Gasteiger partial charge in [-0.3, -0.25) is 9.78 Å². The fourth-order valence-corrected chi connectivity index (χ4v) is 2.92. The second-order valence-corrected chi connectivity index (χ2v) is 6.37. The van der Waals surface area contributed by atoms with Crippen LogP contribution in [-0.4, -0.2) is 49.0 Å². The first-order valence-corrected chi connectivity index (χ1v) is 8.42. The minimum atomic E-state index is -0.189. The van der Waals surface area contributed by atoms with Crippen molar-refractivity contribution in [3.05, 3.63) is 58.9 Å². The number of nitrogens with one attached hydrogen (secondary N) is 1. The fraction of sp³-hybridized carbons (Fsp3) is 0.333. The summed E-state index contributed by atoms with van der Waals surface area (Å²) in [5.41, 5.74) is 2.36. The molecule has 0 saturated carbocycles. The lowest BCUT2D eigenvalue weighted by Gasteiger charge is -2.34. The molecule has 1 N–H and O–H groups in total. The third-order valence-corrected chi connectivity index (χ3v) is 4.61. The molecule has 0 spiro atoms. The van der Waals surface area contributed by atoms with Crippen LogP contribution in [0.25, 0.3) is 0 Å². The topological polar surface area (TPSA) is 48.5 Å². The average molecular weight is 345 g/mol.